The topological polar surface area (TPSA) is 42.2 Å². The molecule has 4 heteroatoms. The molecule has 0 aromatic rings. The molecule has 14 heavy (non-hydrogen) atoms. The van der Waals surface area contributed by atoms with E-state index in [-0.39, 0.29) is 12.4 Å². The number of rotatable bonds is 3. The fourth-order valence-corrected chi connectivity index (χ4v) is 3.18. The van der Waals surface area contributed by atoms with Gasteiger partial charge < -0.3 is 9.47 Å². The number of hydrogen-bond donors (Lipinski definition) is 0. The quantitative estimate of drug-likeness (QED) is 0.716. The van der Waals surface area contributed by atoms with Crippen molar-refractivity contribution >= 4 is 11.8 Å². The zero-order valence-corrected chi connectivity index (χ0v) is 8.96. The van der Waals surface area contributed by atoms with Gasteiger partial charge in [-0.3, -0.25) is 0 Å². The van der Waals surface area contributed by atoms with E-state index >= 15 is 0 Å². The van der Waals surface area contributed by atoms with Gasteiger partial charge in [0.25, 0.3) is 0 Å². The summed E-state index contributed by atoms with van der Waals surface area (Å²) >= 11 is 2.01. The molecule has 0 N–H and O–H groups in total. The molecule has 3 unspecified atom stereocenters. The van der Waals surface area contributed by atoms with Crippen LogP contribution in [-0.4, -0.2) is 30.5 Å². The highest BCUT2D eigenvalue weighted by atomic mass is 32.2. The van der Waals surface area contributed by atoms with E-state index < -0.39 is 0 Å². The van der Waals surface area contributed by atoms with Crippen molar-refractivity contribution in [2.75, 3.05) is 18.1 Å². The second-order valence-electron chi connectivity index (χ2n) is 3.85. The summed E-state index contributed by atoms with van der Waals surface area (Å²) in [6, 6.07) is 2.11. The minimum atomic E-state index is -0.0444. The fourth-order valence-electron chi connectivity index (χ4n) is 1.88. The lowest BCUT2D eigenvalue weighted by molar-refractivity contribution is -0.0687. The number of nitrogens with zero attached hydrogens (tertiary/aromatic N) is 1. The van der Waals surface area contributed by atoms with E-state index in [1.54, 1.807) is 0 Å². The van der Waals surface area contributed by atoms with Crippen LogP contribution in [0.3, 0.4) is 0 Å². The monoisotopic (exact) mass is 213 g/mol. The van der Waals surface area contributed by atoms with Crippen LogP contribution >= 0.6 is 11.8 Å². The largest absolute Gasteiger partial charge is 0.350 e. The average Bonchev–Trinajstić information content (AvgIpc) is 2.79. The van der Waals surface area contributed by atoms with E-state index in [1.165, 1.54) is 17.9 Å². The lowest BCUT2D eigenvalue weighted by Gasteiger charge is -2.14. The molecule has 2 heterocycles. The zero-order valence-electron chi connectivity index (χ0n) is 8.15. The third-order valence-corrected chi connectivity index (χ3v) is 3.91. The number of ether oxygens (including phenoxy) is 2. The highest BCUT2D eigenvalue weighted by molar-refractivity contribution is 7.99. The maximum atomic E-state index is 8.51. The first-order chi connectivity index (χ1) is 6.88. The maximum absolute atomic E-state index is 8.51. The van der Waals surface area contributed by atoms with Gasteiger partial charge in [0.05, 0.1) is 25.2 Å². The van der Waals surface area contributed by atoms with Crippen LogP contribution in [0, 0.1) is 17.2 Å². The van der Waals surface area contributed by atoms with Gasteiger partial charge in [-0.05, 0) is 23.8 Å². The molecule has 2 fully saturated rings. The Bertz CT molecular complexity index is 223. The van der Waals surface area contributed by atoms with Gasteiger partial charge in [0, 0.05) is 6.42 Å². The lowest BCUT2D eigenvalue weighted by Crippen LogP contribution is -2.16. The Morgan fingerprint density at radius 3 is 3.14 bits per heavy atom. The minimum Gasteiger partial charge on any atom is -0.350 e. The van der Waals surface area contributed by atoms with Crippen LogP contribution in [0.25, 0.3) is 0 Å². The van der Waals surface area contributed by atoms with E-state index in [0.717, 1.165) is 12.3 Å². The Morgan fingerprint density at radius 1 is 1.50 bits per heavy atom. The molecule has 0 aromatic heterocycles. The van der Waals surface area contributed by atoms with Crippen molar-refractivity contribution in [3.63, 3.8) is 0 Å². The van der Waals surface area contributed by atoms with Crippen molar-refractivity contribution < 1.29 is 9.47 Å². The van der Waals surface area contributed by atoms with E-state index in [1.807, 2.05) is 11.8 Å². The molecule has 0 spiro atoms. The first-order valence-electron chi connectivity index (χ1n) is 5.10. The van der Waals surface area contributed by atoms with Crippen molar-refractivity contribution in [2.24, 2.45) is 5.92 Å². The minimum absolute atomic E-state index is 0.0130. The average molecular weight is 213 g/mol. The van der Waals surface area contributed by atoms with Gasteiger partial charge in [-0.2, -0.15) is 17.0 Å². The van der Waals surface area contributed by atoms with E-state index in [4.69, 9.17) is 14.7 Å². The predicted octanol–water partition coefficient (Wildman–Crippen LogP) is 1.78. The Labute approximate surface area is 88.8 Å². The normalized spacial score (nSPS) is 37.2. The molecule has 3 atom stereocenters. The lowest BCUT2D eigenvalue weighted by atomic mass is 10.1. The predicted molar refractivity (Wildman–Crippen MR) is 54.9 cm³/mol. The standard InChI is InChI=1S/C10H15NO2S/c11-3-1-9-6-12-10(13-9)5-8-2-4-14-7-8/h8-10H,1-2,4-7H2. The summed E-state index contributed by atoms with van der Waals surface area (Å²) in [6.45, 7) is 0.595. The summed E-state index contributed by atoms with van der Waals surface area (Å²) in [5, 5.41) is 8.51. The van der Waals surface area contributed by atoms with Crippen molar-refractivity contribution in [3.8, 4) is 6.07 Å². The molecule has 0 aromatic carbocycles. The molecule has 0 aliphatic carbocycles. The summed E-state index contributed by atoms with van der Waals surface area (Å²) in [5.41, 5.74) is 0. The molecular weight excluding hydrogens is 198 g/mol. The second-order valence-corrected chi connectivity index (χ2v) is 5.00. The third kappa shape index (κ3) is 2.63. The Balaban J connectivity index is 1.70. The maximum Gasteiger partial charge on any atom is 0.158 e. The Hall–Kier alpha value is -0.240. The van der Waals surface area contributed by atoms with Crippen LogP contribution in [0.15, 0.2) is 0 Å². The van der Waals surface area contributed by atoms with Gasteiger partial charge in [0.1, 0.15) is 0 Å². The van der Waals surface area contributed by atoms with Crippen molar-refractivity contribution in [1.29, 1.82) is 5.26 Å². The summed E-state index contributed by atoms with van der Waals surface area (Å²) in [6.07, 6.45) is 2.72. The molecule has 3 nitrogen and oxygen atoms in total. The number of thioether (sulfide) groups is 1. The highest BCUT2D eigenvalue weighted by Crippen LogP contribution is 2.30. The number of hydrogen-bond acceptors (Lipinski definition) is 4. The van der Waals surface area contributed by atoms with Crippen LogP contribution < -0.4 is 0 Å². The van der Waals surface area contributed by atoms with Gasteiger partial charge in [-0.1, -0.05) is 0 Å². The van der Waals surface area contributed by atoms with Crippen LogP contribution in [0.4, 0.5) is 0 Å². The van der Waals surface area contributed by atoms with E-state index in [9.17, 15) is 0 Å². The summed E-state index contributed by atoms with van der Waals surface area (Å²) in [5.74, 6) is 3.27. The summed E-state index contributed by atoms with van der Waals surface area (Å²) < 4.78 is 11.1. The van der Waals surface area contributed by atoms with Crippen molar-refractivity contribution in [3.05, 3.63) is 0 Å². The van der Waals surface area contributed by atoms with Crippen molar-refractivity contribution in [1.82, 2.24) is 0 Å². The summed E-state index contributed by atoms with van der Waals surface area (Å²) in [7, 11) is 0. The number of nitriles is 1. The van der Waals surface area contributed by atoms with Gasteiger partial charge in [-0.25, -0.2) is 0 Å². The van der Waals surface area contributed by atoms with E-state index in [2.05, 4.69) is 6.07 Å². The fraction of sp³-hybridized carbons (Fsp3) is 0.900. The molecule has 0 saturated carbocycles. The first kappa shape index (κ1) is 10.3. The smallest absolute Gasteiger partial charge is 0.158 e. The first-order valence-corrected chi connectivity index (χ1v) is 6.25. The highest BCUT2D eigenvalue weighted by Gasteiger charge is 2.29. The molecular formula is C10H15NO2S. The molecule has 2 rings (SSSR count). The molecule has 0 bridgehead atoms. The molecule has 78 valence electrons. The van der Waals surface area contributed by atoms with Crippen LogP contribution in [0.5, 0.6) is 0 Å². The molecule has 2 saturated heterocycles. The van der Waals surface area contributed by atoms with Crippen LogP contribution in [0.1, 0.15) is 19.3 Å². The Kier molecular flexibility index (Phi) is 3.68. The van der Waals surface area contributed by atoms with Gasteiger partial charge >= 0.3 is 0 Å². The van der Waals surface area contributed by atoms with Crippen LogP contribution in [-0.2, 0) is 9.47 Å². The SMILES string of the molecule is N#CCC1COC(CC2CCSC2)O1. The Morgan fingerprint density at radius 2 is 2.43 bits per heavy atom. The molecule has 2 aliphatic heterocycles. The third-order valence-electron chi connectivity index (χ3n) is 2.68. The second kappa shape index (κ2) is 5.01. The molecule has 2 aliphatic rings. The summed E-state index contributed by atoms with van der Waals surface area (Å²) in [4.78, 5) is 0. The van der Waals surface area contributed by atoms with Gasteiger partial charge in [-0.15, -0.1) is 0 Å². The van der Waals surface area contributed by atoms with Gasteiger partial charge in [0.2, 0.25) is 0 Å². The van der Waals surface area contributed by atoms with Crippen LogP contribution in [0.2, 0.25) is 0 Å². The van der Waals surface area contributed by atoms with Crippen molar-refractivity contribution in [2.45, 2.75) is 31.7 Å². The van der Waals surface area contributed by atoms with E-state index in [0.29, 0.717) is 13.0 Å². The van der Waals surface area contributed by atoms with Gasteiger partial charge in [0.15, 0.2) is 6.29 Å². The molecule has 0 radical (unpaired) electrons. The zero-order chi connectivity index (χ0) is 9.80. The molecule has 0 amide bonds.